The first-order chi connectivity index (χ1) is 18.1. The van der Waals surface area contributed by atoms with E-state index < -0.39 is 0 Å². The number of pyridine rings is 1. The zero-order chi connectivity index (χ0) is 25.2. The van der Waals surface area contributed by atoms with E-state index in [-0.39, 0.29) is 0 Å². The largest absolute Gasteiger partial charge is 0.491 e. The van der Waals surface area contributed by atoms with Gasteiger partial charge in [0.15, 0.2) is 5.65 Å². The Morgan fingerprint density at radius 3 is 2.43 bits per heavy atom. The summed E-state index contributed by atoms with van der Waals surface area (Å²) in [5.74, 6) is 0.828. The summed E-state index contributed by atoms with van der Waals surface area (Å²) in [6, 6.07) is 17.3. The Morgan fingerprint density at radius 2 is 1.65 bits per heavy atom. The van der Waals surface area contributed by atoms with Crippen molar-refractivity contribution in [3.05, 3.63) is 65.9 Å². The van der Waals surface area contributed by atoms with Crippen LogP contribution in [-0.4, -0.2) is 59.0 Å². The van der Waals surface area contributed by atoms with Crippen molar-refractivity contribution in [2.45, 2.75) is 51.0 Å². The highest BCUT2D eigenvalue weighted by molar-refractivity contribution is 5.93. The van der Waals surface area contributed by atoms with E-state index in [1.165, 1.54) is 55.5 Å². The molecular weight excluding hydrogens is 460 g/mol. The highest BCUT2D eigenvalue weighted by atomic mass is 16.5. The number of benzene rings is 2. The Labute approximate surface area is 219 Å². The number of fused-ring (bicyclic) bond motifs is 2. The van der Waals surface area contributed by atoms with Crippen LogP contribution >= 0.6 is 0 Å². The van der Waals surface area contributed by atoms with Gasteiger partial charge in [0.05, 0.1) is 12.3 Å². The third-order valence-electron chi connectivity index (χ3n) is 8.38. The average molecular weight is 497 g/mol. The molecule has 192 valence electrons. The SMILES string of the molecule is COCCOc1ccc(-c2[nH]nc3ncc(-c4ccc5c(c4)CCC(C)(N4CCCC4)CC5)cc23)cc1. The molecule has 0 spiro atoms. The number of H-pyrrole nitrogens is 1. The van der Waals surface area contributed by atoms with E-state index in [0.717, 1.165) is 46.4 Å². The molecule has 1 aliphatic heterocycles. The van der Waals surface area contributed by atoms with Crippen molar-refractivity contribution in [3.8, 4) is 28.1 Å². The van der Waals surface area contributed by atoms with Gasteiger partial charge in [-0.2, -0.15) is 5.10 Å². The number of aryl methyl sites for hydroxylation is 2. The van der Waals surface area contributed by atoms with Crippen LogP contribution in [0, 0.1) is 0 Å². The normalized spacial score (nSPS) is 20.2. The Kier molecular flexibility index (Phi) is 6.70. The summed E-state index contributed by atoms with van der Waals surface area (Å²) in [6.45, 7) is 6.12. The number of hydrogen-bond donors (Lipinski definition) is 1. The third kappa shape index (κ3) is 4.88. The molecule has 1 saturated heterocycles. The highest BCUT2D eigenvalue weighted by Gasteiger charge is 2.34. The fourth-order valence-corrected chi connectivity index (χ4v) is 6.03. The maximum absolute atomic E-state index is 5.71. The summed E-state index contributed by atoms with van der Waals surface area (Å²) in [5.41, 5.74) is 8.46. The molecular formula is C31H36N4O2. The molecule has 0 amide bonds. The molecule has 6 heteroatoms. The lowest BCUT2D eigenvalue weighted by Gasteiger charge is -2.38. The molecule has 2 aliphatic rings. The van der Waals surface area contributed by atoms with Gasteiger partial charge in [0.2, 0.25) is 0 Å². The van der Waals surface area contributed by atoms with Gasteiger partial charge < -0.3 is 9.47 Å². The zero-order valence-electron chi connectivity index (χ0n) is 21.9. The van der Waals surface area contributed by atoms with Crippen molar-refractivity contribution in [3.63, 3.8) is 0 Å². The summed E-state index contributed by atoms with van der Waals surface area (Å²) in [5, 5.41) is 8.69. The van der Waals surface area contributed by atoms with Gasteiger partial charge in [0.25, 0.3) is 0 Å². The van der Waals surface area contributed by atoms with Gasteiger partial charge in [-0.3, -0.25) is 10.00 Å². The van der Waals surface area contributed by atoms with Gasteiger partial charge in [-0.05, 0) is 106 Å². The van der Waals surface area contributed by atoms with Crippen LogP contribution in [0.15, 0.2) is 54.7 Å². The number of ether oxygens (including phenoxy) is 2. The second kappa shape index (κ2) is 10.3. The lowest BCUT2D eigenvalue weighted by Crippen LogP contribution is -2.44. The summed E-state index contributed by atoms with van der Waals surface area (Å²) in [4.78, 5) is 7.44. The van der Waals surface area contributed by atoms with Crippen LogP contribution in [0.3, 0.4) is 0 Å². The lowest BCUT2D eigenvalue weighted by molar-refractivity contribution is 0.118. The van der Waals surface area contributed by atoms with Gasteiger partial charge >= 0.3 is 0 Å². The van der Waals surface area contributed by atoms with E-state index in [9.17, 15) is 0 Å². The molecule has 6 rings (SSSR count). The van der Waals surface area contributed by atoms with Crippen molar-refractivity contribution >= 4 is 11.0 Å². The first kappa shape index (κ1) is 24.1. The zero-order valence-corrected chi connectivity index (χ0v) is 21.9. The Bertz CT molecular complexity index is 1370. The molecule has 1 unspecified atom stereocenters. The van der Waals surface area contributed by atoms with Crippen molar-refractivity contribution in [2.24, 2.45) is 0 Å². The minimum absolute atomic E-state index is 0.326. The van der Waals surface area contributed by atoms with Crippen LogP contribution in [0.1, 0.15) is 43.7 Å². The number of aromatic amines is 1. The van der Waals surface area contributed by atoms with Gasteiger partial charge in [0, 0.05) is 35.4 Å². The number of nitrogens with one attached hydrogen (secondary N) is 1. The van der Waals surface area contributed by atoms with E-state index in [4.69, 9.17) is 9.47 Å². The summed E-state index contributed by atoms with van der Waals surface area (Å²) in [6.07, 6.45) is 9.44. The highest BCUT2D eigenvalue weighted by Crippen LogP contribution is 2.36. The predicted octanol–water partition coefficient (Wildman–Crippen LogP) is 6.05. The van der Waals surface area contributed by atoms with E-state index in [1.54, 1.807) is 7.11 Å². The molecule has 0 saturated carbocycles. The molecule has 0 bridgehead atoms. The number of nitrogens with zero attached hydrogens (tertiary/aromatic N) is 3. The van der Waals surface area contributed by atoms with Crippen LogP contribution in [0.2, 0.25) is 0 Å². The second-order valence-corrected chi connectivity index (χ2v) is 10.7. The number of rotatable bonds is 7. The van der Waals surface area contributed by atoms with Crippen molar-refractivity contribution in [1.29, 1.82) is 0 Å². The van der Waals surface area contributed by atoms with Crippen LogP contribution < -0.4 is 4.74 Å². The smallest absolute Gasteiger partial charge is 0.181 e. The lowest BCUT2D eigenvalue weighted by atomic mass is 9.90. The number of hydrogen-bond acceptors (Lipinski definition) is 5. The molecule has 1 fully saturated rings. The quantitative estimate of drug-likeness (QED) is 0.249. The van der Waals surface area contributed by atoms with Crippen LogP contribution in [-0.2, 0) is 17.6 Å². The van der Waals surface area contributed by atoms with E-state index in [0.29, 0.717) is 18.8 Å². The van der Waals surface area contributed by atoms with Crippen molar-refractivity contribution in [2.75, 3.05) is 33.4 Å². The van der Waals surface area contributed by atoms with Gasteiger partial charge in [-0.25, -0.2) is 4.98 Å². The van der Waals surface area contributed by atoms with Gasteiger partial charge in [-0.1, -0.05) is 18.2 Å². The molecule has 1 N–H and O–H groups in total. The molecule has 6 nitrogen and oxygen atoms in total. The van der Waals surface area contributed by atoms with Crippen molar-refractivity contribution < 1.29 is 9.47 Å². The molecule has 0 radical (unpaired) electrons. The maximum atomic E-state index is 5.71. The van der Waals surface area contributed by atoms with E-state index in [1.807, 2.05) is 18.3 Å². The molecule has 2 aromatic heterocycles. The van der Waals surface area contributed by atoms with Crippen LogP contribution in [0.25, 0.3) is 33.4 Å². The summed E-state index contributed by atoms with van der Waals surface area (Å²) < 4.78 is 10.8. The molecule has 1 atom stereocenters. The van der Waals surface area contributed by atoms with Gasteiger partial charge in [-0.15, -0.1) is 0 Å². The molecule has 4 aromatic rings. The van der Waals surface area contributed by atoms with Crippen LogP contribution in [0.5, 0.6) is 5.75 Å². The fraction of sp³-hybridized carbons (Fsp3) is 0.419. The first-order valence-electron chi connectivity index (χ1n) is 13.6. The fourth-order valence-electron chi connectivity index (χ4n) is 6.03. The molecule has 2 aromatic carbocycles. The Hall–Kier alpha value is -3.22. The average Bonchev–Trinajstić information content (AvgIpc) is 3.59. The first-order valence-corrected chi connectivity index (χ1v) is 13.6. The number of aromatic nitrogens is 3. The predicted molar refractivity (Wildman–Crippen MR) is 148 cm³/mol. The monoisotopic (exact) mass is 496 g/mol. The summed E-state index contributed by atoms with van der Waals surface area (Å²) in [7, 11) is 1.68. The number of likely N-dealkylation sites (tertiary alicyclic amines) is 1. The van der Waals surface area contributed by atoms with Crippen molar-refractivity contribution in [1.82, 2.24) is 20.1 Å². The van der Waals surface area contributed by atoms with Gasteiger partial charge in [0.1, 0.15) is 12.4 Å². The molecule has 37 heavy (non-hydrogen) atoms. The number of methoxy groups -OCH3 is 1. The maximum Gasteiger partial charge on any atom is 0.181 e. The third-order valence-corrected chi connectivity index (χ3v) is 8.38. The molecule has 1 aliphatic carbocycles. The molecule has 3 heterocycles. The second-order valence-electron chi connectivity index (χ2n) is 10.7. The minimum Gasteiger partial charge on any atom is -0.491 e. The standard InChI is InChI=1S/C31H36N4O2/c1-31(35-15-3-4-16-35)13-11-22-5-6-24(19-25(22)12-14-31)26-20-28-29(33-34-30(28)32-21-26)23-7-9-27(10-8-23)37-18-17-36-2/h5-10,19-21H,3-4,11-18H2,1-2H3,(H,32,33,34). The Balaban J connectivity index is 1.25. The summed E-state index contributed by atoms with van der Waals surface area (Å²) >= 11 is 0. The van der Waals surface area contributed by atoms with E-state index in [2.05, 4.69) is 63.4 Å². The minimum atomic E-state index is 0.326. The Morgan fingerprint density at radius 1 is 0.892 bits per heavy atom. The van der Waals surface area contributed by atoms with Crippen LogP contribution in [0.4, 0.5) is 0 Å². The topological polar surface area (TPSA) is 63.3 Å². The van der Waals surface area contributed by atoms with E-state index >= 15 is 0 Å².